The molecule has 0 aliphatic carbocycles. The number of hydrogen-bond acceptors (Lipinski definition) is 4. The maximum absolute atomic E-state index is 12.8. The van der Waals surface area contributed by atoms with Crippen molar-refractivity contribution >= 4 is 27.4 Å². The normalized spacial score (nSPS) is 11.4. The van der Waals surface area contributed by atoms with E-state index in [9.17, 15) is 22.4 Å². The van der Waals surface area contributed by atoms with Crippen LogP contribution in [-0.2, 0) is 14.8 Å². The molecule has 1 N–H and O–H groups in total. The Bertz CT molecular complexity index is 878. The summed E-state index contributed by atoms with van der Waals surface area (Å²) < 4.78 is 38.6. The summed E-state index contributed by atoms with van der Waals surface area (Å²) >= 11 is 0. The predicted octanol–water partition coefficient (Wildman–Crippen LogP) is 2.29. The number of anilines is 1. The van der Waals surface area contributed by atoms with E-state index in [4.69, 9.17) is 0 Å². The summed E-state index contributed by atoms with van der Waals surface area (Å²) in [5, 5.41) is 2.49. The average Bonchev–Trinajstić information content (AvgIpc) is 2.57. The van der Waals surface area contributed by atoms with Crippen molar-refractivity contribution in [1.29, 1.82) is 0 Å². The second kappa shape index (κ2) is 7.54. The van der Waals surface area contributed by atoms with Gasteiger partial charge in [0.25, 0.3) is 0 Å². The van der Waals surface area contributed by atoms with Crippen LogP contribution in [0.5, 0.6) is 0 Å². The molecule has 2 rings (SSSR count). The van der Waals surface area contributed by atoms with Crippen LogP contribution >= 0.6 is 0 Å². The summed E-state index contributed by atoms with van der Waals surface area (Å²) in [4.78, 5) is 23.2. The second-order valence-corrected chi connectivity index (χ2v) is 7.44. The predicted molar refractivity (Wildman–Crippen MR) is 91.3 cm³/mol. The lowest BCUT2D eigenvalue weighted by Gasteiger charge is -2.17. The molecular weight excluding hydrogens is 347 g/mol. The van der Waals surface area contributed by atoms with E-state index >= 15 is 0 Å². The van der Waals surface area contributed by atoms with Crippen molar-refractivity contribution in [2.45, 2.75) is 11.8 Å². The van der Waals surface area contributed by atoms with Gasteiger partial charge in [-0.2, -0.15) is 4.31 Å². The monoisotopic (exact) mass is 364 g/mol. The molecule has 0 saturated heterocycles. The quantitative estimate of drug-likeness (QED) is 0.797. The minimum atomic E-state index is -3.87. The molecule has 0 radical (unpaired) electrons. The Balaban J connectivity index is 2.07. The molecule has 8 heteroatoms. The average molecular weight is 364 g/mol. The molecule has 0 aliphatic rings. The topological polar surface area (TPSA) is 83.6 Å². The molecule has 132 valence electrons. The van der Waals surface area contributed by atoms with E-state index < -0.39 is 28.3 Å². The highest BCUT2D eigenvalue weighted by molar-refractivity contribution is 7.89. The van der Waals surface area contributed by atoms with Gasteiger partial charge in [0.1, 0.15) is 5.82 Å². The van der Waals surface area contributed by atoms with Crippen LogP contribution in [0.4, 0.5) is 10.1 Å². The smallest absolute Gasteiger partial charge is 0.243 e. The zero-order chi connectivity index (χ0) is 18.6. The molecule has 0 fully saturated rings. The number of likely N-dealkylation sites (N-methyl/N-ethyl adjacent to an activating group) is 1. The summed E-state index contributed by atoms with van der Waals surface area (Å²) in [5.41, 5.74) is 0.763. The highest BCUT2D eigenvalue weighted by Crippen LogP contribution is 2.16. The van der Waals surface area contributed by atoms with Gasteiger partial charge in [0.15, 0.2) is 5.78 Å². The lowest BCUT2D eigenvalue weighted by molar-refractivity contribution is -0.116. The fourth-order valence-corrected chi connectivity index (χ4v) is 3.19. The maximum atomic E-state index is 12.8. The van der Waals surface area contributed by atoms with Crippen LogP contribution in [0.25, 0.3) is 0 Å². The SMILES string of the molecule is CC(=O)c1ccc(S(=O)(=O)N(C)CC(=O)Nc2ccc(F)cc2)cc1. The third kappa shape index (κ3) is 4.71. The minimum Gasteiger partial charge on any atom is -0.325 e. The lowest BCUT2D eigenvalue weighted by Crippen LogP contribution is -2.35. The number of halogens is 1. The molecule has 2 aromatic rings. The summed E-state index contributed by atoms with van der Waals surface area (Å²) in [6.07, 6.45) is 0. The van der Waals surface area contributed by atoms with Crippen molar-refractivity contribution < 1.29 is 22.4 Å². The van der Waals surface area contributed by atoms with Gasteiger partial charge in [0, 0.05) is 18.3 Å². The molecule has 25 heavy (non-hydrogen) atoms. The van der Waals surface area contributed by atoms with Crippen LogP contribution in [0.3, 0.4) is 0 Å². The standard InChI is InChI=1S/C17H17FN2O4S/c1-12(21)13-3-9-16(10-4-13)25(23,24)20(2)11-17(22)19-15-7-5-14(18)6-8-15/h3-10H,11H2,1-2H3,(H,19,22). The summed E-state index contributed by atoms with van der Waals surface area (Å²) in [7, 11) is -2.60. The number of nitrogens with one attached hydrogen (secondary N) is 1. The molecule has 0 unspecified atom stereocenters. The fourth-order valence-electron chi connectivity index (χ4n) is 2.06. The van der Waals surface area contributed by atoms with Gasteiger partial charge in [-0.15, -0.1) is 0 Å². The van der Waals surface area contributed by atoms with Crippen molar-refractivity contribution in [3.05, 3.63) is 59.9 Å². The Hall–Kier alpha value is -2.58. The number of rotatable bonds is 6. The first-order chi connectivity index (χ1) is 11.7. The van der Waals surface area contributed by atoms with Crippen molar-refractivity contribution in [1.82, 2.24) is 4.31 Å². The van der Waals surface area contributed by atoms with Gasteiger partial charge >= 0.3 is 0 Å². The third-order valence-corrected chi connectivity index (χ3v) is 5.28. The Morgan fingerprint density at radius 3 is 2.12 bits per heavy atom. The van der Waals surface area contributed by atoms with Crippen LogP contribution in [0.1, 0.15) is 17.3 Å². The van der Waals surface area contributed by atoms with E-state index in [0.29, 0.717) is 11.3 Å². The van der Waals surface area contributed by atoms with Crippen molar-refractivity contribution in [2.24, 2.45) is 0 Å². The van der Waals surface area contributed by atoms with E-state index in [0.717, 1.165) is 4.31 Å². The largest absolute Gasteiger partial charge is 0.325 e. The first-order valence-electron chi connectivity index (χ1n) is 7.33. The van der Waals surface area contributed by atoms with Gasteiger partial charge in [-0.05, 0) is 43.3 Å². The molecular formula is C17H17FN2O4S. The van der Waals surface area contributed by atoms with Crippen molar-refractivity contribution in [2.75, 3.05) is 18.9 Å². The van der Waals surface area contributed by atoms with Crippen LogP contribution in [0, 0.1) is 5.82 Å². The number of hydrogen-bond donors (Lipinski definition) is 1. The Kier molecular flexibility index (Phi) is 5.66. The Labute approximate surface area is 145 Å². The number of Topliss-reactive ketones (excluding diaryl/α,β-unsaturated/α-hetero) is 1. The van der Waals surface area contributed by atoms with Crippen LogP contribution in [-0.4, -0.2) is 38.0 Å². The number of nitrogens with zero attached hydrogens (tertiary/aromatic N) is 1. The molecule has 0 atom stereocenters. The van der Waals surface area contributed by atoms with Crippen LogP contribution in [0.15, 0.2) is 53.4 Å². The van der Waals surface area contributed by atoms with E-state index in [1.807, 2.05) is 0 Å². The van der Waals surface area contributed by atoms with E-state index in [-0.39, 0.29) is 10.7 Å². The first-order valence-corrected chi connectivity index (χ1v) is 8.77. The third-order valence-electron chi connectivity index (χ3n) is 3.46. The van der Waals surface area contributed by atoms with Crippen LogP contribution in [0.2, 0.25) is 0 Å². The van der Waals surface area contributed by atoms with Gasteiger partial charge in [-0.25, -0.2) is 12.8 Å². The van der Waals surface area contributed by atoms with Gasteiger partial charge in [0.2, 0.25) is 15.9 Å². The molecule has 0 aliphatic heterocycles. The zero-order valence-corrected chi connectivity index (χ0v) is 14.5. The van der Waals surface area contributed by atoms with Gasteiger partial charge in [0.05, 0.1) is 11.4 Å². The molecule has 1 amide bonds. The van der Waals surface area contributed by atoms with Gasteiger partial charge in [-0.3, -0.25) is 9.59 Å². The van der Waals surface area contributed by atoms with Crippen molar-refractivity contribution in [3.63, 3.8) is 0 Å². The summed E-state index contributed by atoms with van der Waals surface area (Å²) in [6.45, 7) is 0.976. The highest BCUT2D eigenvalue weighted by atomic mass is 32.2. The number of sulfonamides is 1. The minimum absolute atomic E-state index is 0.0189. The molecule has 0 aromatic heterocycles. The number of carbonyl (C=O) groups is 2. The number of ketones is 1. The molecule has 0 saturated carbocycles. The highest BCUT2D eigenvalue weighted by Gasteiger charge is 2.23. The van der Waals surface area contributed by atoms with Gasteiger partial charge in [-0.1, -0.05) is 12.1 Å². The Morgan fingerprint density at radius 2 is 1.60 bits per heavy atom. The van der Waals surface area contributed by atoms with E-state index in [1.54, 1.807) is 0 Å². The van der Waals surface area contributed by atoms with E-state index in [2.05, 4.69) is 5.32 Å². The van der Waals surface area contributed by atoms with Crippen molar-refractivity contribution in [3.8, 4) is 0 Å². The summed E-state index contributed by atoms with van der Waals surface area (Å²) in [5.74, 6) is -1.17. The molecule has 6 nitrogen and oxygen atoms in total. The molecule has 0 bridgehead atoms. The van der Waals surface area contributed by atoms with Gasteiger partial charge < -0.3 is 5.32 Å². The lowest BCUT2D eigenvalue weighted by atomic mass is 10.2. The zero-order valence-electron chi connectivity index (χ0n) is 13.7. The van der Waals surface area contributed by atoms with E-state index in [1.165, 1.54) is 62.5 Å². The first kappa shape index (κ1) is 18.8. The second-order valence-electron chi connectivity index (χ2n) is 5.40. The molecule has 0 heterocycles. The Morgan fingerprint density at radius 1 is 1.04 bits per heavy atom. The number of carbonyl (C=O) groups excluding carboxylic acids is 2. The van der Waals surface area contributed by atoms with Crippen LogP contribution < -0.4 is 5.32 Å². The fraction of sp³-hybridized carbons (Fsp3) is 0.176. The molecule has 2 aromatic carbocycles. The number of amides is 1. The maximum Gasteiger partial charge on any atom is 0.243 e. The number of benzene rings is 2. The summed E-state index contributed by atoms with van der Waals surface area (Å²) in [6, 6.07) is 10.6. The molecule has 0 spiro atoms.